The summed E-state index contributed by atoms with van der Waals surface area (Å²) in [5.74, 6) is -0.136. The van der Waals surface area contributed by atoms with Crippen molar-refractivity contribution >= 4 is 25.4 Å². The van der Waals surface area contributed by atoms with E-state index in [9.17, 15) is 18.5 Å². The van der Waals surface area contributed by atoms with Gasteiger partial charge in [-0.05, 0) is 18.6 Å². The second-order valence-corrected chi connectivity index (χ2v) is 6.83. The first-order chi connectivity index (χ1) is 9.29. The highest BCUT2D eigenvalue weighted by Crippen LogP contribution is 2.27. The van der Waals surface area contributed by atoms with Gasteiger partial charge in [-0.3, -0.25) is 10.1 Å². The van der Waals surface area contributed by atoms with Crippen molar-refractivity contribution < 1.29 is 22.8 Å². The first-order valence-electron chi connectivity index (χ1n) is 5.67. The molecule has 20 heavy (non-hydrogen) atoms. The lowest BCUT2D eigenvalue weighted by Crippen LogP contribution is -2.12. The highest BCUT2D eigenvalue weighted by molar-refractivity contribution is 8.13. The Morgan fingerprint density at radius 3 is 2.60 bits per heavy atom. The lowest BCUT2D eigenvalue weighted by Gasteiger charge is -2.08. The summed E-state index contributed by atoms with van der Waals surface area (Å²) >= 11 is 0. The Labute approximate surface area is 121 Å². The fraction of sp³-hybridized carbons (Fsp3) is 0.455. The van der Waals surface area contributed by atoms with Crippen LogP contribution in [0.25, 0.3) is 0 Å². The average Bonchev–Trinajstić information content (AvgIpc) is 2.32. The lowest BCUT2D eigenvalue weighted by atomic mass is 10.2. The van der Waals surface area contributed by atoms with Crippen LogP contribution in [0.15, 0.2) is 18.2 Å². The third kappa shape index (κ3) is 6.18. The highest BCUT2D eigenvalue weighted by atomic mass is 35.7. The molecule has 0 radical (unpaired) electrons. The number of nitro groups is 1. The standard InChI is InChI=1S/C11H14ClNO6S/c1-9-2-3-10(13(14)15)11(8-9)19-5-4-18-6-7-20(12,16)17/h2-3,8H,4-7H2,1H3. The van der Waals surface area contributed by atoms with Crippen LogP contribution in [-0.4, -0.2) is 38.9 Å². The second kappa shape index (κ2) is 7.41. The summed E-state index contributed by atoms with van der Waals surface area (Å²) in [6.45, 7) is 1.92. The predicted molar refractivity (Wildman–Crippen MR) is 73.8 cm³/mol. The van der Waals surface area contributed by atoms with E-state index in [1.54, 1.807) is 19.1 Å². The van der Waals surface area contributed by atoms with Gasteiger partial charge < -0.3 is 9.47 Å². The zero-order valence-corrected chi connectivity index (χ0v) is 12.3. The molecule has 0 aliphatic carbocycles. The van der Waals surface area contributed by atoms with Gasteiger partial charge in [-0.2, -0.15) is 0 Å². The molecular formula is C11H14ClNO6S. The Hall–Kier alpha value is -1.38. The molecule has 0 spiro atoms. The quantitative estimate of drug-likeness (QED) is 0.313. The van der Waals surface area contributed by atoms with E-state index < -0.39 is 14.0 Å². The Bertz CT molecular complexity index is 574. The molecule has 1 aromatic carbocycles. The number of nitro benzene ring substituents is 1. The van der Waals surface area contributed by atoms with Crippen LogP contribution in [0.2, 0.25) is 0 Å². The second-order valence-electron chi connectivity index (χ2n) is 3.93. The van der Waals surface area contributed by atoms with Crippen molar-refractivity contribution in [1.29, 1.82) is 0 Å². The SMILES string of the molecule is Cc1ccc([N+](=O)[O-])c(OCCOCCS(=O)(=O)Cl)c1. The zero-order valence-electron chi connectivity index (χ0n) is 10.7. The molecule has 0 fully saturated rings. The molecule has 0 unspecified atom stereocenters. The van der Waals surface area contributed by atoms with Gasteiger partial charge in [0.15, 0.2) is 5.75 Å². The van der Waals surface area contributed by atoms with Gasteiger partial charge in [0.05, 0.1) is 23.9 Å². The normalized spacial score (nSPS) is 11.3. The van der Waals surface area contributed by atoms with Crippen molar-refractivity contribution in [2.75, 3.05) is 25.6 Å². The summed E-state index contributed by atoms with van der Waals surface area (Å²) in [6, 6.07) is 4.54. The third-order valence-corrected chi connectivity index (χ3v) is 3.39. The van der Waals surface area contributed by atoms with Crippen molar-refractivity contribution in [3.05, 3.63) is 33.9 Å². The van der Waals surface area contributed by atoms with E-state index in [1.165, 1.54) is 6.07 Å². The minimum Gasteiger partial charge on any atom is -0.484 e. The summed E-state index contributed by atoms with van der Waals surface area (Å²) in [5, 5.41) is 10.8. The third-order valence-electron chi connectivity index (χ3n) is 2.27. The van der Waals surface area contributed by atoms with Crippen molar-refractivity contribution in [2.24, 2.45) is 0 Å². The molecule has 0 aliphatic heterocycles. The fourth-order valence-electron chi connectivity index (χ4n) is 1.36. The van der Waals surface area contributed by atoms with Gasteiger partial charge in [-0.15, -0.1) is 0 Å². The molecule has 0 aliphatic rings. The van der Waals surface area contributed by atoms with E-state index in [-0.39, 0.29) is 37.0 Å². The van der Waals surface area contributed by atoms with Crippen LogP contribution >= 0.6 is 10.7 Å². The molecule has 112 valence electrons. The van der Waals surface area contributed by atoms with Crippen LogP contribution in [0.5, 0.6) is 5.75 Å². The van der Waals surface area contributed by atoms with E-state index in [0.29, 0.717) is 0 Å². The van der Waals surface area contributed by atoms with E-state index in [1.807, 2.05) is 0 Å². The number of rotatable bonds is 8. The number of nitrogens with zero attached hydrogens (tertiary/aromatic N) is 1. The van der Waals surface area contributed by atoms with Crippen LogP contribution in [-0.2, 0) is 13.8 Å². The van der Waals surface area contributed by atoms with Gasteiger partial charge in [0, 0.05) is 16.7 Å². The maximum atomic E-state index is 10.8. The molecule has 7 nitrogen and oxygen atoms in total. The molecule has 0 saturated heterocycles. The van der Waals surface area contributed by atoms with Gasteiger partial charge in [0.25, 0.3) is 0 Å². The number of aryl methyl sites for hydroxylation is 1. The maximum Gasteiger partial charge on any atom is 0.310 e. The monoisotopic (exact) mass is 323 g/mol. The molecule has 1 rings (SSSR count). The number of hydrogen-bond donors (Lipinski definition) is 0. The molecule has 0 saturated carbocycles. The van der Waals surface area contributed by atoms with Gasteiger partial charge in [0.1, 0.15) is 6.61 Å². The number of halogens is 1. The molecule has 1 aromatic rings. The van der Waals surface area contributed by atoms with E-state index >= 15 is 0 Å². The van der Waals surface area contributed by atoms with Crippen LogP contribution < -0.4 is 4.74 Å². The minimum atomic E-state index is -3.57. The molecule has 0 aromatic heterocycles. The first-order valence-corrected chi connectivity index (χ1v) is 8.15. The Balaban J connectivity index is 2.42. The van der Waals surface area contributed by atoms with E-state index in [4.69, 9.17) is 20.2 Å². The predicted octanol–water partition coefficient (Wildman–Crippen LogP) is 1.87. The van der Waals surface area contributed by atoms with Gasteiger partial charge in [0.2, 0.25) is 9.05 Å². The summed E-state index contributed by atoms with van der Waals surface area (Å²) in [6.07, 6.45) is 0. The fourth-order valence-corrected chi connectivity index (χ4v) is 1.86. The molecular weight excluding hydrogens is 310 g/mol. The molecule has 0 atom stereocenters. The minimum absolute atomic E-state index is 0.0505. The Kier molecular flexibility index (Phi) is 6.18. The maximum absolute atomic E-state index is 10.8. The van der Waals surface area contributed by atoms with Crippen LogP contribution in [0, 0.1) is 17.0 Å². The van der Waals surface area contributed by atoms with Crippen LogP contribution in [0.1, 0.15) is 5.56 Å². The first kappa shape index (κ1) is 16.7. The van der Waals surface area contributed by atoms with Gasteiger partial charge in [-0.25, -0.2) is 8.42 Å². The van der Waals surface area contributed by atoms with Crippen molar-refractivity contribution in [2.45, 2.75) is 6.92 Å². The molecule has 0 N–H and O–H groups in total. The Morgan fingerprint density at radius 2 is 2.00 bits per heavy atom. The van der Waals surface area contributed by atoms with Crippen molar-refractivity contribution in [1.82, 2.24) is 0 Å². The van der Waals surface area contributed by atoms with E-state index in [0.717, 1.165) is 5.56 Å². The number of benzene rings is 1. The zero-order chi connectivity index (χ0) is 15.2. The van der Waals surface area contributed by atoms with Gasteiger partial charge in [-0.1, -0.05) is 6.07 Å². The Morgan fingerprint density at radius 1 is 1.30 bits per heavy atom. The molecule has 0 bridgehead atoms. The number of ether oxygens (including phenoxy) is 2. The number of hydrogen-bond acceptors (Lipinski definition) is 6. The largest absolute Gasteiger partial charge is 0.484 e. The molecule has 0 amide bonds. The van der Waals surface area contributed by atoms with Gasteiger partial charge >= 0.3 is 5.69 Å². The smallest absolute Gasteiger partial charge is 0.310 e. The van der Waals surface area contributed by atoms with E-state index in [2.05, 4.69) is 0 Å². The molecule has 0 heterocycles. The lowest BCUT2D eigenvalue weighted by molar-refractivity contribution is -0.385. The highest BCUT2D eigenvalue weighted by Gasteiger charge is 2.14. The summed E-state index contributed by atoms with van der Waals surface area (Å²) in [4.78, 5) is 10.3. The summed E-state index contributed by atoms with van der Waals surface area (Å²) in [5.41, 5.74) is 0.707. The summed E-state index contributed by atoms with van der Waals surface area (Å²) < 4.78 is 31.5. The van der Waals surface area contributed by atoms with Crippen molar-refractivity contribution in [3.8, 4) is 5.75 Å². The average molecular weight is 324 g/mol. The van der Waals surface area contributed by atoms with Crippen molar-refractivity contribution in [3.63, 3.8) is 0 Å². The van der Waals surface area contributed by atoms with Crippen LogP contribution in [0.3, 0.4) is 0 Å². The topological polar surface area (TPSA) is 95.7 Å². The van der Waals surface area contributed by atoms with Crippen LogP contribution in [0.4, 0.5) is 5.69 Å². The molecule has 9 heteroatoms. The summed E-state index contributed by atoms with van der Waals surface area (Å²) in [7, 11) is 1.43.